The summed E-state index contributed by atoms with van der Waals surface area (Å²) in [5.74, 6) is -0.490. The summed E-state index contributed by atoms with van der Waals surface area (Å²) in [6.45, 7) is 0. The monoisotopic (exact) mass is 388 g/mol. The molecule has 0 saturated heterocycles. The van der Waals surface area contributed by atoms with E-state index < -0.39 is 17.6 Å². The minimum Gasteiger partial charge on any atom is -0.357 e. The van der Waals surface area contributed by atoms with Crippen LogP contribution in [0.5, 0.6) is 0 Å². The lowest BCUT2D eigenvalue weighted by atomic mass is 10.1. The number of hydrogen-bond acceptors (Lipinski definition) is 4. The van der Waals surface area contributed by atoms with E-state index in [1.165, 1.54) is 0 Å². The number of hydrogen-bond donors (Lipinski definition) is 2. The van der Waals surface area contributed by atoms with Crippen LogP contribution in [-0.4, -0.2) is 20.9 Å². The van der Waals surface area contributed by atoms with Gasteiger partial charge in [-0.3, -0.25) is 10.1 Å². The van der Waals surface area contributed by atoms with Gasteiger partial charge < -0.3 is 4.98 Å². The summed E-state index contributed by atoms with van der Waals surface area (Å²) in [5.41, 5.74) is 0.112. The standard InChI is InChI=1S/C18H11F3N4OS/c19-18(20,21)11-9-13(10-5-2-1-3-6-10)23-15-14(11)27-17(24-15)25-16(26)12-7-4-8-22-12/h1-9,22H,(H,23,24,25,26). The second-order valence-corrected chi connectivity index (χ2v) is 6.63. The summed E-state index contributed by atoms with van der Waals surface area (Å²) in [6, 6.07) is 12.8. The van der Waals surface area contributed by atoms with Crippen molar-refractivity contribution in [2.75, 3.05) is 5.32 Å². The van der Waals surface area contributed by atoms with Crippen LogP contribution in [0.1, 0.15) is 16.1 Å². The van der Waals surface area contributed by atoms with Gasteiger partial charge in [0.1, 0.15) is 5.69 Å². The van der Waals surface area contributed by atoms with Crippen LogP contribution in [0.2, 0.25) is 0 Å². The normalized spacial score (nSPS) is 11.7. The van der Waals surface area contributed by atoms with Crippen molar-refractivity contribution in [2.45, 2.75) is 6.18 Å². The van der Waals surface area contributed by atoms with Crippen LogP contribution in [0.25, 0.3) is 21.6 Å². The number of anilines is 1. The zero-order chi connectivity index (χ0) is 19.0. The van der Waals surface area contributed by atoms with Gasteiger partial charge in [0.05, 0.1) is 16.0 Å². The number of thiazole rings is 1. The highest BCUT2D eigenvalue weighted by Crippen LogP contribution is 2.40. The minimum atomic E-state index is -4.57. The number of H-pyrrole nitrogens is 1. The third-order valence-corrected chi connectivity index (χ3v) is 4.79. The molecule has 0 spiro atoms. The van der Waals surface area contributed by atoms with Crippen molar-refractivity contribution in [2.24, 2.45) is 0 Å². The van der Waals surface area contributed by atoms with Crippen molar-refractivity contribution >= 4 is 32.7 Å². The molecule has 0 atom stereocenters. The summed E-state index contributed by atoms with van der Waals surface area (Å²) < 4.78 is 40.6. The molecule has 0 aliphatic heterocycles. The fourth-order valence-corrected chi connectivity index (χ4v) is 3.51. The summed E-state index contributed by atoms with van der Waals surface area (Å²) in [4.78, 5) is 23.2. The molecule has 3 aromatic heterocycles. The van der Waals surface area contributed by atoms with Gasteiger partial charge in [0.15, 0.2) is 10.8 Å². The van der Waals surface area contributed by atoms with Crippen molar-refractivity contribution in [3.05, 3.63) is 66.0 Å². The Kier molecular flexibility index (Phi) is 4.15. The van der Waals surface area contributed by atoms with Crippen LogP contribution >= 0.6 is 11.3 Å². The number of pyridine rings is 1. The minimum absolute atomic E-state index is 0.0489. The zero-order valence-electron chi connectivity index (χ0n) is 13.5. The number of fused-ring (bicyclic) bond motifs is 1. The number of benzene rings is 1. The molecule has 0 fully saturated rings. The maximum absolute atomic E-state index is 13.6. The van der Waals surface area contributed by atoms with Crippen LogP contribution in [0.15, 0.2) is 54.7 Å². The molecule has 4 aromatic rings. The van der Waals surface area contributed by atoms with Gasteiger partial charge in [0.25, 0.3) is 5.91 Å². The van der Waals surface area contributed by atoms with Gasteiger partial charge in [-0.05, 0) is 18.2 Å². The highest BCUT2D eigenvalue weighted by atomic mass is 32.1. The molecule has 0 bridgehead atoms. The number of nitrogens with zero attached hydrogens (tertiary/aromatic N) is 2. The first-order chi connectivity index (χ1) is 12.9. The highest BCUT2D eigenvalue weighted by molar-refractivity contribution is 7.22. The molecular weight excluding hydrogens is 377 g/mol. The average molecular weight is 388 g/mol. The summed E-state index contributed by atoms with van der Waals surface area (Å²) in [5, 5.41) is 2.55. The second kappa shape index (κ2) is 6.51. The molecule has 0 aliphatic carbocycles. The first kappa shape index (κ1) is 17.2. The Morgan fingerprint density at radius 2 is 1.85 bits per heavy atom. The first-order valence-corrected chi connectivity index (χ1v) is 8.62. The van der Waals surface area contributed by atoms with Gasteiger partial charge in [-0.2, -0.15) is 18.2 Å². The lowest BCUT2D eigenvalue weighted by Crippen LogP contribution is -2.11. The maximum Gasteiger partial charge on any atom is 0.417 e. The molecule has 1 aromatic carbocycles. The van der Waals surface area contributed by atoms with Crippen LogP contribution < -0.4 is 5.32 Å². The molecular formula is C18H11F3N4OS. The molecule has 1 amide bonds. The van der Waals surface area contributed by atoms with E-state index in [2.05, 4.69) is 20.3 Å². The average Bonchev–Trinajstić information content (AvgIpc) is 3.30. The van der Waals surface area contributed by atoms with E-state index in [-0.39, 0.29) is 26.9 Å². The number of halogens is 3. The van der Waals surface area contributed by atoms with Crippen LogP contribution in [0.4, 0.5) is 18.3 Å². The molecule has 27 heavy (non-hydrogen) atoms. The first-order valence-electron chi connectivity index (χ1n) is 7.81. The fraction of sp³-hybridized carbons (Fsp3) is 0.0556. The molecule has 0 unspecified atom stereocenters. The van der Waals surface area contributed by atoms with Gasteiger partial charge in [-0.25, -0.2) is 4.98 Å². The van der Waals surface area contributed by atoms with Gasteiger partial charge in [-0.15, -0.1) is 0 Å². The number of rotatable bonds is 3. The molecule has 0 aliphatic rings. The fourth-order valence-electron chi connectivity index (χ4n) is 2.57. The van der Waals surface area contributed by atoms with Crippen molar-refractivity contribution < 1.29 is 18.0 Å². The van der Waals surface area contributed by atoms with Crippen LogP contribution in [-0.2, 0) is 6.18 Å². The summed E-state index contributed by atoms with van der Waals surface area (Å²) >= 11 is 0.741. The number of nitrogens with one attached hydrogen (secondary N) is 2. The van der Waals surface area contributed by atoms with E-state index in [0.717, 1.165) is 17.4 Å². The predicted octanol–water partition coefficient (Wildman–Crippen LogP) is 4.96. The van der Waals surface area contributed by atoms with E-state index in [1.54, 1.807) is 48.7 Å². The molecule has 2 N–H and O–H groups in total. The Morgan fingerprint density at radius 1 is 1.07 bits per heavy atom. The number of aromatic amines is 1. The molecule has 5 nitrogen and oxygen atoms in total. The van der Waals surface area contributed by atoms with Gasteiger partial charge in [0.2, 0.25) is 0 Å². The number of aromatic nitrogens is 3. The number of carbonyl (C=O) groups excluding carboxylic acids is 1. The highest BCUT2D eigenvalue weighted by Gasteiger charge is 2.35. The van der Waals surface area contributed by atoms with Crippen molar-refractivity contribution in [3.63, 3.8) is 0 Å². The molecule has 9 heteroatoms. The smallest absolute Gasteiger partial charge is 0.357 e. The zero-order valence-corrected chi connectivity index (χ0v) is 14.4. The molecule has 4 rings (SSSR count). The van der Waals surface area contributed by atoms with E-state index in [9.17, 15) is 18.0 Å². The number of alkyl halides is 3. The molecule has 0 radical (unpaired) electrons. The Balaban J connectivity index is 1.80. The molecule has 3 heterocycles. The van der Waals surface area contributed by atoms with Crippen LogP contribution in [0, 0.1) is 0 Å². The summed E-state index contributed by atoms with van der Waals surface area (Å²) in [7, 11) is 0. The largest absolute Gasteiger partial charge is 0.417 e. The van der Waals surface area contributed by atoms with Crippen molar-refractivity contribution in [3.8, 4) is 11.3 Å². The third-order valence-electron chi connectivity index (χ3n) is 3.80. The Morgan fingerprint density at radius 3 is 2.52 bits per heavy atom. The third kappa shape index (κ3) is 3.41. The van der Waals surface area contributed by atoms with E-state index in [1.807, 2.05) is 0 Å². The van der Waals surface area contributed by atoms with E-state index in [4.69, 9.17) is 0 Å². The van der Waals surface area contributed by atoms with Crippen LogP contribution in [0.3, 0.4) is 0 Å². The number of carbonyl (C=O) groups is 1. The maximum atomic E-state index is 13.6. The quantitative estimate of drug-likeness (QED) is 0.521. The topological polar surface area (TPSA) is 70.7 Å². The van der Waals surface area contributed by atoms with Crippen molar-refractivity contribution in [1.29, 1.82) is 0 Å². The molecule has 136 valence electrons. The van der Waals surface area contributed by atoms with E-state index >= 15 is 0 Å². The lowest BCUT2D eigenvalue weighted by Gasteiger charge is -2.09. The Labute approximate surface area is 154 Å². The SMILES string of the molecule is O=C(Nc1nc2nc(-c3ccccc3)cc(C(F)(F)F)c2s1)c1ccc[nH]1. The second-order valence-electron chi connectivity index (χ2n) is 5.63. The van der Waals surface area contributed by atoms with E-state index in [0.29, 0.717) is 5.56 Å². The predicted molar refractivity (Wildman–Crippen MR) is 96.6 cm³/mol. The molecule has 0 saturated carbocycles. The Hall–Kier alpha value is -3.20. The van der Waals surface area contributed by atoms with Gasteiger partial charge in [-0.1, -0.05) is 41.7 Å². The van der Waals surface area contributed by atoms with Crippen molar-refractivity contribution in [1.82, 2.24) is 15.0 Å². The Bertz CT molecular complexity index is 1110. The number of amides is 1. The lowest BCUT2D eigenvalue weighted by molar-refractivity contribution is -0.136. The van der Waals surface area contributed by atoms with Gasteiger partial charge in [0, 0.05) is 11.8 Å². The van der Waals surface area contributed by atoms with Gasteiger partial charge >= 0.3 is 6.18 Å². The summed E-state index contributed by atoms with van der Waals surface area (Å²) in [6.07, 6.45) is -3.00.